The number of nitrogens with one attached hydrogen (secondary N) is 2. The lowest BCUT2D eigenvalue weighted by molar-refractivity contribution is 0.195. The van der Waals surface area contributed by atoms with Crippen LogP contribution in [0.1, 0.15) is 31.2 Å². The van der Waals surface area contributed by atoms with E-state index in [1.807, 2.05) is 0 Å². The highest BCUT2D eigenvalue weighted by atomic mass is 35.5. The van der Waals surface area contributed by atoms with E-state index in [0.29, 0.717) is 47.1 Å². The molecule has 2 aromatic rings. The van der Waals surface area contributed by atoms with E-state index in [-0.39, 0.29) is 5.56 Å². The number of hydrogen-bond donors (Lipinski definition) is 2. The zero-order valence-electron chi connectivity index (χ0n) is 14.5. The maximum absolute atomic E-state index is 12.5. The van der Waals surface area contributed by atoms with Crippen LogP contribution >= 0.6 is 11.6 Å². The Balaban J connectivity index is 1.78. The molecular formula is C18H21ClN4O3. The fourth-order valence-electron chi connectivity index (χ4n) is 3.91. The molecule has 1 aromatic heterocycles. The predicted octanol–water partition coefficient (Wildman–Crippen LogP) is 2.32. The van der Waals surface area contributed by atoms with E-state index in [1.54, 1.807) is 18.2 Å². The van der Waals surface area contributed by atoms with Gasteiger partial charge < -0.3 is 10.1 Å². The van der Waals surface area contributed by atoms with Gasteiger partial charge in [0.25, 0.3) is 5.56 Å². The van der Waals surface area contributed by atoms with Crippen LogP contribution in [0.2, 0.25) is 5.02 Å². The number of fused-ring (bicyclic) bond motifs is 1. The van der Waals surface area contributed by atoms with Crippen LogP contribution in [0, 0.1) is 0 Å². The molecule has 0 radical (unpaired) electrons. The first-order chi connectivity index (χ1) is 12.6. The van der Waals surface area contributed by atoms with Crippen molar-refractivity contribution in [3.8, 4) is 11.4 Å². The fraction of sp³-hybridized carbons (Fsp3) is 0.444. The lowest BCUT2D eigenvalue weighted by Gasteiger charge is -2.34. The molecule has 2 N–H and O–H groups in total. The maximum Gasteiger partial charge on any atom is 0.334 e. The monoisotopic (exact) mass is 376 g/mol. The van der Waals surface area contributed by atoms with Crippen LogP contribution in [0.15, 0.2) is 27.8 Å². The summed E-state index contributed by atoms with van der Waals surface area (Å²) in [6.07, 6.45) is 4.77. The predicted molar refractivity (Wildman–Crippen MR) is 101 cm³/mol. The summed E-state index contributed by atoms with van der Waals surface area (Å²) in [7, 11) is 1.54. The molecule has 1 aliphatic carbocycles. The largest absolute Gasteiger partial charge is 0.495 e. The average Bonchev–Trinajstić information content (AvgIpc) is 3.16. The second kappa shape index (κ2) is 6.81. The molecule has 0 atom stereocenters. The normalized spacial score (nSPS) is 17.8. The van der Waals surface area contributed by atoms with Gasteiger partial charge in [-0.2, -0.15) is 0 Å². The van der Waals surface area contributed by atoms with Crippen molar-refractivity contribution in [1.82, 2.24) is 14.5 Å². The first-order valence-corrected chi connectivity index (χ1v) is 9.16. The minimum Gasteiger partial charge on any atom is -0.495 e. The molecule has 0 unspecified atom stereocenters. The highest BCUT2D eigenvalue weighted by Gasteiger charge is 2.29. The van der Waals surface area contributed by atoms with Crippen molar-refractivity contribution < 1.29 is 4.74 Å². The third-order valence-electron chi connectivity index (χ3n) is 5.25. The van der Waals surface area contributed by atoms with Crippen molar-refractivity contribution >= 4 is 17.4 Å². The third-order valence-corrected chi connectivity index (χ3v) is 5.55. The van der Waals surface area contributed by atoms with Gasteiger partial charge in [-0.15, -0.1) is 0 Å². The molecule has 26 heavy (non-hydrogen) atoms. The summed E-state index contributed by atoms with van der Waals surface area (Å²) in [6.45, 7) is 1.15. The number of rotatable bonds is 3. The Morgan fingerprint density at radius 3 is 2.69 bits per heavy atom. The lowest BCUT2D eigenvalue weighted by Crippen LogP contribution is -2.46. The molecule has 2 aliphatic rings. The van der Waals surface area contributed by atoms with Gasteiger partial charge in [0.1, 0.15) is 11.6 Å². The van der Waals surface area contributed by atoms with Crippen LogP contribution in [-0.2, 0) is 6.54 Å². The number of benzene rings is 1. The van der Waals surface area contributed by atoms with Gasteiger partial charge in [0.05, 0.1) is 30.1 Å². The van der Waals surface area contributed by atoms with Crippen LogP contribution in [0.4, 0.5) is 5.82 Å². The average molecular weight is 377 g/mol. The first-order valence-electron chi connectivity index (χ1n) is 8.78. The van der Waals surface area contributed by atoms with Gasteiger partial charge in [-0.05, 0) is 31.0 Å². The first kappa shape index (κ1) is 17.2. The molecule has 7 nitrogen and oxygen atoms in total. The molecule has 1 saturated carbocycles. The summed E-state index contributed by atoms with van der Waals surface area (Å²) in [4.78, 5) is 29.6. The van der Waals surface area contributed by atoms with E-state index in [4.69, 9.17) is 16.3 Å². The Hall–Kier alpha value is -2.25. The van der Waals surface area contributed by atoms with Crippen LogP contribution in [0.3, 0.4) is 0 Å². The van der Waals surface area contributed by atoms with Crippen LogP contribution in [0.25, 0.3) is 5.69 Å². The molecule has 8 heteroatoms. The molecule has 0 saturated heterocycles. The van der Waals surface area contributed by atoms with E-state index in [2.05, 4.69) is 15.2 Å². The molecule has 4 rings (SSSR count). The minimum absolute atomic E-state index is 0.337. The molecule has 1 aromatic carbocycles. The molecule has 1 aliphatic heterocycles. The van der Waals surface area contributed by atoms with Crippen LogP contribution in [0.5, 0.6) is 5.75 Å². The minimum atomic E-state index is -0.489. The lowest BCUT2D eigenvalue weighted by atomic mass is 10.1. The summed E-state index contributed by atoms with van der Waals surface area (Å²) >= 11 is 6.21. The van der Waals surface area contributed by atoms with Gasteiger partial charge >= 0.3 is 5.69 Å². The van der Waals surface area contributed by atoms with E-state index in [9.17, 15) is 9.59 Å². The van der Waals surface area contributed by atoms with Gasteiger partial charge in [0, 0.05) is 12.6 Å². The Kier molecular flexibility index (Phi) is 4.50. The zero-order valence-corrected chi connectivity index (χ0v) is 15.3. The Bertz CT molecular complexity index is 946. The standard InChI is InChI=1S/C18H21ClN4O3/c1-26-15-7-6-12(8-14(15)19)23-16-13(17(24)21-18(23)25)9-22(10-20-16)11-4-2-3-5-11/h6-8,11,20H,2-5,9-10H2,1H3,(H,21,24,25). The van der Waals surface area contributed by atoms with Gasteiger partial charge in [0.15, 0.2) is 0 Å². The molecule has 138 valence electrons. The molecule has 1 fully saturated rings. The number of aromatic amines is 1. The highest BCUT2D eigenvalue weighted by Crippen LogP contribution is 2.30. The summed E-state index contributed by atoms with van der Waals surface area (Å²) in [5, 5.41) is 3.68. The number of nitrogens with zero attached hydrogens (tertiary/aromatic N) is 2. The van der Waals surface area contributed by atoms with E-state index in [0.717, 1.165) is 12.8 Å². The Morgan fingerprint density at radius 1 is 1.23 bits per heavy atom. The molecule has 0 amide bonds. The van der Waals surface area contributed by atoms with Crippen molar-refractivity contribution in [2.24, 2.45) is 0 Å². The van der Waals surface area contributed by atoms with Gasteiger partial charge in [0.2, 0.25) is 0 Å². The highest BCUT2D eigenvalue weighted by molar-refractivity contribution is 6.32. The van der Waals surface area contributed by atoms with Gasteiger partial charge in [-0.25, -0.2) is 9.36 Å². The number of hydrogen-bond acceptors (Lipinski definition) is 5. The maximum atomic E-state index is 12.5. The molecular weight excluding hydrogens is 356 g/mol. The zero-order chi connectivity index (χ0) is 18.3. The number of anilines is 1. The van der Waals surface area contributed by atoms with Crippen molar-refractivity contribution in [2.45, 2.75) is 38.3 Å². The smallest absolute Gasteiger partial charge is 0.334 e. The number of ether oxygens (including phenoxy) is 1. The van der Waals surface area contributed by atoms with E-state index >= 15 is 0 Å². The van der Waals surface area contributed by atoms with Crippen molar-refractivity contribution in [3.05, 3.63) is 49.6 Å². The third kappa shape index (κ3) is 2.91. The number of H-pyrrole nitrogens is 1. The molecule has 2 heterocycles. The van der Waals surface area contributed by atoms with E-state index in [1.165, 1.54) is 24.5 Å². The topological polar surface area (TPSA) is 79.4 Å². The fourth-order valence-corrected chi connectivity index (χ4v) is 4.16. The second-order valence-electron chi connectivity index (χ2n) is 6.76. The SMILES string of the molecule is COc1ccc(-n2c3c(c(=O)[nH]c2=O)CN(C2CCCC2)CN3)cc1Cl. The molecule has 0 spiro atoms. The molecule has 0 bridgehead atoms. The van der Waals surface area contributed by atoms with Crippen LogP contribution in [-0.4, -0.2) is 34.3 Å². The summed E-state index contributed by atoms with van der Waals surface area (Å²) in [5.74, 6) is 1.07. The Morgan fingerprint density at radius 2 is 2.00 bits per heavy atom. The quantitative estimate of drug-likeness (QED) is 0.859. The number of halogens is 1. The summed E-state index contributed by atoms with van der Waals surface area (Å²) in [6, 6.07) is 5.60. The Labute approximate surface area is 155 Å². The van der Waals surface area contributed by atoms with Gasteiger partial charge in [-0.1, -0.05) is 24.4 Å². The van der Waals surface area contributed by atoms with Crippen molar-refractivity contribution in [1.29, 1.82) is 0 Å². The number of aromatic nitrogens is 2. The van der Waals surface area contributed by atoms with Crippen LogP contribution < -0.4 is 21.3 Å². The summed E-state index contributed by atoms with van der Waals surface area (Å²) in [5.41, 5.74) is 0.331. The second-order valence-corrected chi connectivity index (χ2v) is 7.17. The van der Waals surface area contributed by atoms with E-state index < -0.39 is 5.69 Å². The number of methoxy groups -OCH3 is 1. The van der Waals surface area contributed by atoms with Crippen molar-refractivity contribution in [2.75, 3.05) is 19.1 Å². The van der Waals surface area contributed by atoms with Crippen molar-refractivity contribution in [3.63, 3.8) is 0 Å². The van der Waals surface area contributed by atoms with Gasteiger partial charge in [-0.3, -0.25) is 14.7 Å². The summed E-state index contributed by atoms with van der Waals surface area (Å²) < 4.78 is 6.64.